The molecule has 0 radical (unpaired) electrons. The van der Waals surface area contributed by atoms with E-state index >= 15 is 0 Å². The molecule has 2 aromatic heterocycles. The summed E-state index contributed by atoms with van der Waals surface area (Å²) >= 11 is 0. The molecule has 0 saturated heterocycles. The number of hydrogen-bond donors (Lipinski definition) is 0. The lowest BCUT2D eigenvalue weighted by molar-refractivity contribution is 1.18. The first-order valence-corrected chi connectivity index (χ1v) is 19.3. The molecule has 0 aliphatic heterocycles. The van der Waals surface area contributed by atoms with E-state index < -0.39 is 0 Å². The van der Waals surface area contributed by atoms with E-state index in [1.54, 1.807) is 0 Å². The summed E-state index contributed by atoms with van der Waals surface area (Å²) in [7, 11) is 0. The fourth-order valence-corrected chi connectivity index (χ4v) is 8.59. The number of hydrogen-bond acceptors (Lipinski definition) is 0. The maximum Gasteiger partial charge on any atom is 0.0547 e. The van der Waals surface area contributed by atoms with E-state index in [9.17, 15) is 0 Å². The molecule has 0 N–H and O–H groups in total. The third-order valence-electron chi connectivity index (χ3n) is 11.3. The van der Waals surface area contributed by atoms with Crippen LogP contribution in [0, 0.1) is 0 Å². The van der Waals surface area contributed by atoms with Crippen molar-refractivity contribution in [2.75, 3.05) is 0 Å². The van der Waals surface area contributed by atoms with E-state index in [-0.39, 0.29) is 0 Å². The monoisotopic (exact) mass is 712 g/mol. The van der Waals surface area contributed by atoms with Crippen LogP contribution in [0.3, 0.4) is 0 Å². The zero-order valence-corrected chi connectivity index (χ0v) is 30.7. The van der Waals surface area contributed by atoms with Gasteiger partial charge in [-0.2, -0.15) is 0 Å². The van der Waals surface area contributed by atoms with E-state index in [1.165, 1.54) is 88.1 Å². The Morgan fingerprint density at radius 2 is 0.536 bits per heavy atom. The molecular formula is C54H36N2. The van der Waals surface area contributed by atoms with Crippen LogP contribution in [0.5, 0.6) is 0 Å². The van der Waals surface area contributed by atoms with Gasteiger partial charge in [0.2, 0.25) is 0 Å². The Morgan fingerprint density at radius 1 is 0.196 bits per heavy atom. The van der Waals surface area contributed by atoms with E-state index in [0.717, 1.165) is 11.4 Å². The Balaban J connectivity index is 1.05. The highest BCUT2D eigenvalue weighted by molar-refractivity contribution is 6.13. The standard InChI is InChI=1S/C54H36N2/c1-4-12-37(13-5-1)40-20-27-45(28-21-40)55-51-19-11-10-18-47(51)49-34-42(25-32-52(49)55)43-26-33-53-50(35-43)48-31-24-44(39-16-8-3-9-17-39)36-54(48)56(53)46-29-22-41(23-30-46)38-14-6-2-7-15-38/h1-36H. The molecule has 2 nitrogen and oxygen atoms in total. The molecule has 0 atom stereocenters. The summed E-state index contributed by atoms with van der Waals surface area (Å²) in [6.45, 7) is 0. The van der Waals surface area contributed by atoms with Crippen molar-refractivity contribution < 1.29 is 0 Å². The number of para-hydroxylation sites is 1. The summed E-state index contributed by atoms with van der Waals surface area (Å²) in [5, 5.41) is 4.98. The van der Waals surface area contributed by atoms with Gasteiger partial charge in [-0.1, -0.05) is 158 Å². The molecule has 0 amide bonds. The van der Waals surface area contributed by atoms with Crippen molar-refractivity contribution in [3.63, 3.8) is 0 Å². The maximum atomic E-state index is 2.43. The first-order chi connectivity index (χ1) is 27.8. The molecule has 11 rings (SSSR count). The number of benzene rings is 9. The lowest BCUT2D eigenvalue weighted by Crippen LogP contribution is -1.94. The Kier molecular flexibility index (Phi) is 7.53. The van der Waals surface area contributed by atoms with Crippen LogP contribution in [-0.4, -0.2) is 9.13 Å². The van der Waals surface area contributed by atoms with Gasteiger partial charge in [0.25, 0.3) is 0 Å². The minimum absolute atomic E-state index is 1.15. The smallest absolute Gasteiger partial charge is 0.0547 e. The lowest BCUT2D eigenvalue weighted by Gasteiger charge is -2.11. The largest absolute Gasteiger partial charge is 0.309 e. The summed E-state index contributed by atoms with van der Waals surface area (Å²) in [5.41, 5.74) is 16.8. The lowest BCUT2D eigenvalue weighted by atomic mass is 9.99. The summed E-state index contributed by atoms with van der Waals surface area (Å²) < 4.78 is 4.82. The van der Waals surface area contributed by atoms with E-state index in [1.807, 2.05) is 0 Å². The van der Waals surface area contributed by atoms with E-state index in [0.29, 0.717) is 0 Å². The van der Waals surface area contributed by atoms with Crippen LogP contribution >= 0.6 is 0 Å². The van der Waals surface area contributed by atoms with Crippen molar-refractivity contribution in [3.05, 3.63) is 218 Å². The number of nitrogens with zero attached hydrogens (tertiary/aromatic N) is 2. The third kappa shape index (κ3) is 5.34. The fraction of sp³-hybridized carbons (Fsp3) is 0. The van der Waals surface area contributed by atoms with Crippen molar-refractivity contribution in [1.82, 2.24) is 9.13 Å². The molecule has 0 fully saturated rings. The SMILES string of the molecule is c1ccc(-c2ccc(-n3c4ccccc4c4cc(-c5ccc6c(c5)c5ccc(-c7ccccc7)cc5n6-c5ccc(-c6ccccc6)cc5)ccc43)cc2)cc1. The van der Waals surface area contributed by atoms with Crippen molar-refractivity contribution in [2.24, 2.45) is 0 Å². The van der Waals surface area contributed by atoms with E-state index in [2.05, 4.69) is 228 Å². The molecule has 0 aliphatic rings. The first-order valence-electron chi connectivity index (χ1n) is 19.3. The van der Waals surface area contributed by atoms with Crippen molar-refractivity contribution >= 4 is 43.6 Å². The molecule has 0 aliphatic carbocycles. The maximum absolute atomic E-state index is 2.43. The Labute approximate surface area is 325 Å². The van der Waals surface area contributed by atoms with Crippen LogP contribution in [0.1, 0.15) is 0 Å². The Bertz CT molecular complexity index is 3190. The van der Waals surface area contributed by atoms with Gasteiger partial charge < -0.3 is 9.13 Å². The highest BCUT2D eigenvalue weighted by Gasteiger charge is 2.17. The van der Waals surface area contributed by atoms with Crippen LogP contribution in [-0.2, 0) is 0 Å². The van der Waals surface area contributed by atoms with Gasteiger partial charge >= 0.3 is 0 Å². The molecule has 2 heteroatoms. The summed E-state index contributed by atoms with van der Waals surface area (Å²) in [6, 6.07) is 79.4. The zero-order chi connectivity index (χ0) is 37.0. The molecule has 0 spiro atoms. The average Bonchev–Trinajstić information content (AvgIpc) is 3.79. The molecule has 0 bridgehead atoms. The minimum Gasteiger partial charge on any atom is -0.309 e. The highest BCUT2D eigenvalue weighted by atomic mass is 15.0. The fourth-order valence-electron chi connectivity index (χ4n) is 8.59. The van der Waals surface area contributed by atoms with Crippen LogP contribution in [0.15, 0.2) is 218 Å². The van der Waals surface area contributed by atoms with Gasteiger partial charge in [0, 0.05) is 32.9 Å². The van der Waals surface area contributed by atoms with Crippen molar-refractivity contribution in [3.8, 4) is 55.9 Å². The number of aromatic nitrogens is 2. The number of fused-ring (bicyclic) bond motifs is 6. The second-order valence-corrected chi connectivity index (χ2v) is 14.6. The summed E-state index contributed by atoms with van der Waals surface area (Å²) in [6.07, 6.45) is 0. The molecule has 262 valence electrons. The minimum atomic E-state index is 1.15. The van der Waals surface area contributed by atoms with Gasteiger partial charge in [0.05, 0.1) is 22.1 Å². The second kappa shape index (κ2) is 13.2. The molecule has 9 aromatic carbocycles. The van der Waals surface area contributed by atoms with Crippen LogP contribution < -0.4 is 0 Å². The molecule has 2 heterocycles. The zero-order valence-electron chi connectivity index (χ0n) is 30.7. The van der Waals surface area contributed by atoms with Gasteiger partial charge in [-0.25, -0.2) is 0 Å². The van der Waals surface area contributed by atoms with Gasteiger partial charge in [-0.3, -0.25) is 0 Å². The van der Waals surface area contributed by atoms with Crippen molar-refractivity contribution in [1.29, 1.82) is 0 Å². The topological polar surface area (TPSA) is 9.86 Å². The van der Waals surface area contributed by atoms with Crippen LogP contribution in [0.2, 0.25) is 0 Å². The van der Waals surface area contributed by atoms with Gasteiger partial charge in [-0.15, -0.1) is 0 Å². The Morgan fingerprint density at radius 3 is 1.05 bits per heavy atom. The van der Waals surface area contributed by atoms with Crippen molar-refractivity contribution in [2.45, 2.75) is 0 Å². The predicted molar refractivity (Wildman–Crippen MR) is 237 cm³/mol. The molecular weight excluding hydrogens is 677 g/mol. The highest BCUT2D eigenvalue weighted by Crippen LogP contribution is 2.40. The van der Waals surface area contributed by atoms with E-state index in [4.69, 9.17) is 0 Å². The first kappa shape index (κ1) is 32.0. The number of rotatable bonds is 6. The summed E-state index contributed by atoms with van der Waals surface area (Å²) in [5.74, 6) is 0. The third-order valence-corrected chi connectivity index (χ3v) is 11.3. The molecule has 0 saturated carbocycles. The second-order valence-electron chi connectivity index (χ2n) is 14.6. The molecule has 11 aromatic rings. The quantitative estimate of drug-likeness (QED) is 0.162. The van der Waals surface area contributed by atoms with Crippen LogP contribution in [0.4, 0.5) is 0 Å². The molecule has 56 heavy (non-hydrogen) atoms. The summed E-state index contributed by atoms with van der Waals surface area (Å²) in [4.78, 5) is 0. The predicted octanol–water partition coefficient (Wildman–Crippen LogP) is 14.5. The van der Waals surface area contributed by atoms with Gasteiger partial charge in [-0.05, 0) is 105 Å². The molecule has 0 unspecified atom stereocenters. The van der Waals surface area contributed by atoms with Gasteiger partial charge in [0.15, 0.2) is 0 Å². The van der Waals surface area contributed by atoms with Gasteiger partial charge in [0.1, 0.15) is 0 Å². The normalized spacial score (nSPS) is 11.6. The average molecular weight is 713 g/mol. The van der Waals surface area contributed by atoms with Crippen LogP contribution in [0.25, 0.3) is 99.5 Å². The Hall–Kier alpha value is -7.42.